The highest BCUT2D eigenvalue weighted by molar-refractivity contribution is 5.96. The van der Waals surface area contributed by atoms with E-state index in [0.717, 1.165) is 6.42 Å². The molecule has 0 saturated heterocycles. The van der Waals surface area contributed by atoms with Crippen LogP contribution in [-0.4, -0.2) is 35.6 Å². The molecular formula is C14H17FN2O3. The molecule has 0 heterocycles. The summed E-state index contributed by atoms with van der Waals surface area (Å²) in [5.41, 5.74) is -0.900. The molecule has 1 aliphatic rings. The summed E-state index contributed by atoms with van der Waals surface area (Å²) in [7, 11) is 0. The molecule has 0 unspecified atom stereocenters. The largest absolute Gasteiger partial charge is 0.388 e. The lowest BCUT2D eigenvalue weighted by Crippen LogP contribution is -2.49. The zero-order valence-corrected chi connectivity index (χ0v) is 11.0. The van der Waals surface area contributed by atoms with Crippen LogP contribution in [0.5, 0.6) is 0 Å². The molecule has 0 spiro atoms. The minimum Gasteiger partial charge on any atom is -0.388 e. The smallest absolute Gasteiger partial charge is 0.254 e. The van der Waals surface area contributed by atoms with Crippen LogP contribution < -0.4 is 10.6 Å². The van der Waals surface area contributed by atoms with E-state index in [-0.39, 0.29) is 18.7 Å². The first-order valence-corrected chi connectivity index (χ1v) is 6.52. The molecule has 0 radical (unpaired) electrons. The van der Waals surface area contributed by atoms with E-state index in [1.54, 1.807) is 6.07 Å². The van der Waals surface area contributed by atoms with Crippen molar-refractivity contribution < 1.29 is 19.1 Å². The molecule has 108 valence electrons. The third-order valence-corrected chi connectivity index (χ3v) is 3.43. The van der Waals surface area contributed by atoms with Gasteiger partial charge < -0.3 is 15.7 Å². The minimum absolute atomic E-state index is 0.0991. The molecule has 1 aromatic carbocycles. The highest BCUT2D eigenvalue weighted by Gasteiger charge is 2.34. The fraction of sp³-hybridized carbons (Fsp3) is 0.429. The lowest BCUT2D eigenvalue weighted by atomic mass is 9.80. The van der Waals surface area contributed by atoms with Gasteiger partial charge in [-0.05, 0) is 31.4 Å². The van der Waals surface area contributed by atoms with E-state index in [2.05, 4.69) is 10.6 Å². The molecule has 3 N–H and O–H groups in total. The third-order valence-electron chi connectivity index (χ3n) is 3.43. The Hall–Kier alpha value is -1.95. The Labute approximate surface area is 116 Å². The lowest BCUT2D eigenvalue weighted by molar-refractivity contribution is -0.122. The Kier molecular flexibility index (Phi) is 4.34. The first-order chi connectivity index (χ1) is 9.50. The predicted molar refractivity (Wildman–Crippen MR) is 70.5 cm³/mol. The lowest BCUT2D eigenvalue weighted by Gasteiger charge is -2.36. The number of benzene rings is 1. The second kappa shape index (κ2) is 6.00. The molecule has 0 aromatic heterocycles. The van der Waals surface area contributed by atoms with Crippen LogP contribution in [0, 0.1) is 5.82 Å². The fourth-order valence-electron chi connectivity index (χ4n) is 1.99. The van der Waals surface area contributed by atoms with Crippen molar-refractivity contribution >= 4 is 11.8 Å². The van der Waals surface area contributed by atoms with Gasteiger partial charge in [0.2, 0.25) is 5.91 Å². The average molecular weight is 280 g/mol. The van der Waals surface area contributed by atoms with E-state index < -0.39 is 23.2 Å². The van der Waals surface area contributed by atoms with Gasteiger partial charge in [0.15, 0.2) is 0 Å². The topological polar surface area (TPSA) is 78.4 Å². The molecule has 1 aliphatic carbocycles. The van der Waals surface area contributed by atoms with Gasteiger partial charge in [0, 0.05) is 6.54 Å². The van der Waals surface area contributed by atoms with Crippen molar-refractivity contribution in [1.29, 1.82) is 0 Å². The predicted octanol–water partition coefficient (Wildman–Crippen LogP) is 0.587. The van der Waals surface area contributed by atoms with Gasteiger partial charge in [-0.3, -0.25) is 9.59 Å². The van der Waals surface area contributed by atoms with Crippen molar-refractivity contribution in [1.82, 2.24) is 10.6 Å². The van der Waals surface area contributed by atoms with E-state index in [0.29, 0.717) is 12.8 Å². The first-order valence-electron chi connectivity index (χ1n) is 6.52. The van der Waals surface area contributed by atoms with Gasteiger partial charge in [0.1, 0.15) is 5.82 Å². The van der Waals surface area contributed by atoms with Crippen molar-refractivity contribution in [3.05, 3.63) is 35.6 Å². The standard InChI is InChI=1S/C14H17FN2O3/c15-11-5-2-1-4-10(11)13(19)16-8-12(18)17-9-14(20)6-3-7-14/h1-2,4-5,20H,3,6-9H2,(H,16,19)(H,17,18). The molecule has 1 aromatic rings. The highest BCUT2D eigenvalue weighted by Crippen LogP contribution is 2.30. The van der Waals surface area contributed by atoms with Crippen LogP contribution in [-0.2, 0) is 4.79 Å². The van der Waals surface area contributed by atoms with Crippen LogP contribution in [0.4, 0.5) is 4.39 Å². The molecule has 5 nitrogen and oxygen atoms in total. The number of nitrogens with one attached hydrogen (secondary N) is 2. The molecule has 2 rings (SSSR count). The Morgan fingerprint density at radius 1 is 1.25 bits per heavy atom. The second-order valence-electron chi connectivity index (χ2n) is 5.02. The van der Waals surface area contributed by atoms with Gasteiger partial charge in [0.05, 0.1) is 17.7 Å². The molecule has 6 heteroatoms. The maximum atomic E-state index is 13.3. The Bertz CT molecular complexity index is 515. The van der Waals surface area contributed by atoms with Crippen LogP contribution in [0.25, 0.3) is 0 Å². The SMILES string of the molecule is O=C(CNC(=O)c1ccccc1F)NCC1(O)CCC1. The number of aliphatic hydroxyl groups is 1. The maximum absolute atomic E-state index is 13.3. The first kappa shape index (κ1) is 14.5. The molecule has 1 fully saturated rings. The summed E-state index contributed by atoms with van der Waals surface area (Å²) in [5.74, 6) is -1.68. The van der Waals surface area contributed by atoms with Gasteiger partial charge in [0.25, 0.3) is 5.91 Å². The van der Waals surface area contributed by atoms with Gasteiger partial charge in [-0.25, -0.2) is 4.39 Å². The Morgan fingerprint density at radius 3 is 2.55 bits per heavy atom. The summed E-state index contributed by atoms with van der Waals surface area (Å²) < 4.78 is 13.3. The summed E-state index contributed by atoms with van der Waals surface area (Å²) in [4.78, 5) is 23.2. The van der Waals surface area contributed by atoms with E-state index >= 15 is 0 Å². The number of halogens is 1. The van der Waals surface area contributed by atoms with Crippen LogP contribution in [0.15, 0.2) is 24.3 Å². The number of carbonyl (C=O) groups excluding carboxylic acids is 2. The van der Waals surface area contributed by atoms with Gasteiger partial charge in [-0.2, -0.15) is 0 Å². The quantitative estimate of drug-likeness (QED) is 0.738. The molecule has 1 saturated carbocycles. The summed E-state index contributed by atoms with van der Waals surface area (Å²) >= 11 is 0. The summed E-state index contributed by atoms with van der Waals surface area (Å²) in [6.45, 7) is -0.0648. The fourth-order valence-corrected chi connectivity index (χ4v) is 1.99. The van der Waals surface area contributed by atoms with Crippen LogP contribution in [0.3, 0.4) is 0 Å². The molecule has 2 amide bonds. The molecule has 0 atom stereocenters. The van der Waals surface area contributed by atoms with Crippen molar-refractivity contribution in [3.63, 3.8) is 0 Å². The van der Waals surface area contributed by atoms with Crippen LogP contribution in [0.1, 0.15) is 29.6 Å². The van der Waals surface area contributed by atoms with Gasteiger partial charge in [-0.1, -0.05) is 12.1 Å². The van der Waals surface area contributed by atoms with Crippen molar-refractivity contribution in [3.8, 4) is 0 Å². The monoisotopic (exact) mass is 280 g/mol. The second-order valence-corrected chi connectivity index (χ2v) is 5.02. The number of carbonyl (C=O) groups is 2. The summed E-state index contributed by atoms with van der Waals surface area (Å²) in [6.07, 6.45) is 2.31. The molecule has 20 heavy (non-hydrogen) atoms. The van der Waals surface area contributed by atoms with E-state index in [9.17, 15) is 19.1 Å². The van der Waals surface area contributed by atoms with E-state index in [1.165, 1.54) is 18.2 Å². The van der Waals surface area contributed by atoms with Crippen LogP contribution >= 0.6 is 0 Å². The zero-order valence-electron chi connectivity index (χ0n) is 11.0. The van der Waals surface area contributed by atoms with E-state index in [1.807, 2.05) is 0 Å². The normalized spacial score (nSPS) is 16.1. The number of hydrogen-bond acceptors (Lipinski definition) is 3. The molecule has 0 aliphatic heterocycles. The highest BCUT2D eigenvalue weighted by atomic mass is 19.1. The number of rotatable bonds is 5. The van der Waals surface area contributed by atoms with Crippen molar-refractivity contribution in [2.24, 2.45) is 0 Å². The Morgan fingerprint density at radius 2 is 1.95 bits per heavy atom. The number of hydrogen-bond donors (Lipinski definition) is 3. The average Bonchev–Trinajstić information content (AvgIpc) is 2.41. The molecular weight excluding hydrogens is 263 g/mol. The maximum Gasteiger partial charge on any atom is 0.254 e. The summed E-state index contributed by atoms with van der Waals surface area (Å²) in [6, 6.07) is 5.56. The van der Waals surface area contributed by atoms with E-state index in [4.69, 9.17) is 0 Å². The van der Waals surface area contributed by atoms with Gasteiger partial charge in [-0.15, -0.1) is 0 Å². The molecule has 0 bridgehead atoms. The van der Waals surface area contributed by atoms with Crippen molar-refractivity contribution in [2.75, 3.05) is 13.1 Å². The van der Waals surface area contributed by atoms with Gasteiger partial charge >= 0.3 is 0 Å². The Balaban J connectivity index is 1.76. The van der Waals surface area contributed by atoms with Crippen LogP contribution in [0.2, 0.25) is 0 Å². The van der Waals surface area contributed by atoms with Crippen molar-refractivity contribution in [2.45, 2.75) is 24.9 Å². The third kappa shape index (κ3) is 3.54. The summed E-state index contributed by atoms with van der Waals surface area (Å²) in [5, 5.41) is 14.7. The minimum atomic E-state index is -0.800. The zero-order chi connectivity index (χ0) is 14.6. The number of amides is 2.